The molecule has 34 heavy (non-hydrogen) atoms. The Morgan fingerprint density at radius 3 is 2.71 bits per heavy atom. The average Bonchev–Trinajstić information content (AvgIpc) is 2.82. The lowest BCUT2D eigenvalue weighted by molar-refractivity contribution is -0.225. The summed E-state index contributed by atoms with van der Waals surface area (Å²) in [5.41, 5.74) is 0.363. The normalized spacial score (nSPS) is 25.5. The Hall–Kier alpha value is -2.31. The first-order chi connectivity index (χ1) is 16.3. The van der Waals surface area contributed by atoms with Crippen molar-refractivity contribution in [3.8, 4) is 5.75 Å². The maximum absolute atomic E-state index is 14.3. The second-order valence-electron chi connectivity index (χ2n) is 9.62. The Labute approximate surface area is 205 Å². The Bertz CT molecular complexity index is 1050. The maximum Gasteiger partial charge on any atom is 0.315 e. The number of carbonyl (C=O) groups excluding carboxylic acids is 1. The van der Waals surface area contributed by atoms with E-state index < -0.39 is 22.9 Å². The molecule has 1 N–H and O–H groups in total. The molecule has 0 spiro atoms. The van der Waals surface area contributed by atoms with Crippen LogP contribution in [0.25, 0.3) is 0 Å². The summed E-state index contributed by atoms with van der Waals surface area (Å²) >= 11 is 1.83. The summed E-state index contributed by atoms with van der Waals surface area (Å²) in [7, 11) is 0. The van der Waals surface area contributed by atoms with Gasteiger partial charge in [0.2, 0.25) is 0 Å². The van der Waals surface area contributed by atoms with Gasteiger partial charge in [-0.1, -0.05) is 35.9 Å². The van der Waals surface area contributed by atoms with E-state index >= 15 is 0 Å². The fourth-order valence-corrected chi connectivity index (χ4v) is 6.18. The molecular formula is C28H33FO4S. The van der Waals surface area contributed by atoms with Crippen molar-refractivity contribution in [1.29, 1.82) is 0 Å². The van der Waals surface area contributed by atoms with Crippen LogP contribution in [0.2, 0.25) is 0 Å². The van der Waals surface area contributed by atoms with Crippen molar-refractivity contribution in [2.75, 3.05) is 12.4 Å². The van der Waals surface area contributed by atoms with E-state index in [1.807, 2.05) is 50.7 Å². The summed E-state index contributed by atoms with van der Waals surface area (Å²) in [6.45, 7) is 6.00. The van der Waals surface area contributed by atoms with E-state index in [4.69, 9.17) is 9.47 Å². The number of esters is 1. The molecule has 1 fully saturated rings. The molecule has 2 aliphatic rings. The van der Waals surface area contributed by atoms with E-state index in [0.717, 1.165) is 18.6 Å². The molecule has 0 aromatic heterocycles. The molecule has 3 atom stereocenters. The van der Waals surface area contributed by atoms with Gasteiger partial charge in [0.1, 0.15) is 5.41 Å². The molecule has 2 bridgehead atoms. The van der Waals surface area contributed by atoms with Crippen LogP contribution >= 0.6 is 11.8 Å². The number of allylic oxidation sites excluding steroid dienone is 1. The summed E-state index contributed by atoms with van der Waals surface area (Å²) < 4.78 is 26.4. The second kappa shape index (κ2) is 10.1. The maximum atomic E-state index is 14.3. The van der Waals surface area contributed by atoms with E-state index in [9.17, 15) is 14.3 Å². The van der Waals surface area contributed by atoms with E-state index in [0.29, 0.717) is 25.0 Å². The van der Waals surface area contributed by atoms with Crippen molar-refractivity contribution in [2.45, 2.75) is 63.1 Å². The molecule has 1 aliphatic carbocycles. The predicted molar refractivity (Wildman–Crippen MR) is 132 cm³/mol. The molecule has 0 amide bonds. The van der Waals surface area contributed by atoms with Gasteiger partial charge in [0.15, 0.2) is 11.6 Å². The van der Waals surface area contributed by atoms with Gasteiger partial charge in [-0.25, -0.2) is 4.39 Å². The predicted octanol–water partition coefficient (Wildman–Crippen LogP) is 6.84. The fraction of sp³-hybridized carbons (Fsp3) is 0.464. The van der Waals surface area contributed by atoms with E-state index in [1.165, 1.54) is 22.6 Å². The summed E-state index contributed by atoms with van der Waals surface area (Å²) in [5, 5.41) is 9.69. The van der Waals surface area contributed by atoms with Crippen molar-refractivity contribution < 1.29 is 23.8 Å². The van der Waals surface area contributed by atoms with Crippen molar-refractivity contribution in [3.05, 3.63) is 71.6 Å². The quantitative estimate of drug-likeness (QED) is 0.192. The van der Waals surface area contributed by atoms with Gasteiger partial charge in [-0.15, -0.1) is 11.8 Å². The first kappa shape index (κ1) is 24.8. The van der Waals surface area contributed by atoms with Crippen LogP contribution in [0.5, 0.6) is 5.75 Å². The van der Waals surface area contributed by atoms with Gasteiger partial charge in [0.25, 0.3) is 0 Å². The third kappa shape index (κ3) is 4.76. The standard InChI is InChI=1S/C28H33FO4S/c1-4-32-26(31)28-15-14-19(9-8-16-34-21-10-6-5-7-11-21)22(18-28)25(33-27(28,2)3)20-12-13-24(30)23(29)17-20/h5-7,10-14,17,22,25,30H,4,8-9,15-16,18H2,1-3H3. The highest BCUT2D eigenvalue weighted by molar-refractivity contribution is 7.99. The zero-order valence-corrected chi connectivity index (χ0v) is 20.9. The highest BCUT2D eigenvalue weighted by Crippen LogP contribution is 2.59. The molecular weight excluding hydrogens is 451 g/mol. The summed E-state index contributed by atoms with van der Waals surface area (Å²) in [6.07, 6.45) is 4.86. The number of aromatic hydroxyl groups is 1. The molecule has 4 rings (SSSR count). The first-order valence-electron chi connectivity index (χ1n) is 12.0. The summed E-state index contributed by atoms with van der Waals surface area (Å²) in [4.78, 5) is 14.4. The van der Waals surface area contributed by atoms with Gasteiger partial charge in [-0.05, 0) is 82.0 Å². The van der Waals surface area contributed by atoms with Gasteiger partial charge in [0, 0.05) is 10.8 Å². The molecule has 0 saturated carbocycles. The van der Waals surface area contributed by atoms with Crippen molar-refractivity contribution in [1.82, 2.24) is 0 Å². The Morgan fingerprint density at radius 1 is 1.24 bits per heavy atom. The topological polar surface area (TPSA) is 55.8 Å². The summed E-state index contributed by atoms with van der Waals surface area (Å²) in [6, 6.07) is 14.8. The molecule has 0 radical (unpaired) electrons. The number of hydrogen-bond acceptors (Lipinski definition) is 5. The summed E-state index contributed by atoms with van der Waals surface area (Å²) in [5.74, 6) is -0.340. The van der Waals surface area contributed by atoms with E-state index in [2.05, 4.69) is 18.2 Å². The van der Waals surface area contributed by atoms with E-state index in [-0.39, 0.29) is 17.6 Å². The zero-order valence-electron chi connectivity index (χ0n) is 20.1. The first-order valence-corrected chi connectivity index (χ1v) is 13.0. The third-order valence-corrected chi connectivity index (χ3v) is 8.38. The molecule has 6 heteroatoms. The van der Waals surface area contributed by atoms with Crippen LogP contribution in [0.15, 0.2) is 65.1 Å². The van der Waals surface area contributed by atoms with Crippen LogP contribution in [0.1, 0.15) is 58.1 Å². The van der Waals surface area contributed by atoms with E-state index in [1.54, 1.807) is 6.07 Å². The molecule has 2 aromatic carbocycles. The minimum Gasteiger partial charge on any atom is -0.505 e. The van der Waals surface area contributed by atoms with Crippen LogP contribution in [0, 0.1) is 17.2 Å². The number of halogens is 1. The number of phenols is 1. The van der Waals surface area contributed by atoms with Gasteiger partial charge in [0.05, 0.1) is 18.3 Å². The monoisotopic (exact) mass is 484 g/mol. The Kier molecular flexibility index (Phi) is 7.39. The van der Waals surface area contributed by atoms with Gasteiger partial charge >= 0.3 is 5.97 Å². The lowest BCUT2D eigenvalue weighted by atomic mass is 9.58. The lowest BCUT2D eigenvalue weighted by Crippen LogP contribution is -2.58. The largest absolute Gasteiger partial charge is 0.505 e. The van der Waals surface area contributed by atoms with Crippen molar-refractivity contribution in [2.24, 2.45) is 11.3 Å². The number of ether oxygens (including phenoxy) is 2. The van der Waals surface area contributed by atoms with Crippen LogP contribution in [-0.4, -0.2) is 29.0 Å². The highest BCUT2D eigenvalue weighted by atomic mass is 32.2. The van der Waals surface area contributed by atoms with Gasteiger partial charge in [-0.2, -0.15) is 0 Å². The molecule has 1 saturated heterocycles. The SMILES string of the molecule is CCOC(=O)C12CC=C(CCCSc3ccccc3)C(C1)C(c1ccc(O)c(F)c1)OC2(C)C. The third-order valence-electron chi connectivity index (χ3n) is 7.29. The molecule has 4 nitrogen and oxygen atoms in total. The van der Waals surface area contributed by atoms with Crippen LogP contribution in [0.3, 0.4) is 0 Å². The number of carbonyl (C=O) groups is 1. The number of benzene rings is 2. The van der Waals surface area contributed by atoms with Gasteiger partial charge in [-0.3, -0.25) is 4.79 Å². The Balaban J connectivity index is 1.59. The number of rotatable bonds is 8. The molecule has 182 valence electrons. The fourth-order valence-electron chi connectivity index (χ4n) is 5.30. The lowest BCUT2D eigenvalue weighted by Gasteiger charge is -2.55. The van der Waals surface area contributed by atoms with Crippen molar-refractivity contribution in [3.63, 3.8) is 0 Å². The molecule has 1 aliphatic heterocycles. The average molecular weight is 485 g/mol. The number of fused-ring (bicyclic) bond motifs is 2. The number of hydrogen-bond donors (Lipinski definition) is 1. The number of phenolic OH excluding ortho intramolecular Hbond substituents is 1. The van der Waals surface area contributed by atoms with Crippen LogP contribution < -0.4 is 0 Å². The Morgan fingerprint density at radius 2 is 2.00 bits per heavy atom. The number of thioether (sulfide) groups is 1. The molecule has 1 heterocycles. The second-order valence-corrected chi connectivity index (χ2v) is 10.8. The molecule has 2 aromatic rings. The minimum absolute atomic E-state index is 0.0585. The van der Waals surface area contributed by atoms with Crippen LogP contribution in [0.4, 0.5) is 4.39 Å². The van der Waals surface area contributed by atoms with Gasteiger partial charge < -0.3 is 14.6 Å². The smallest absolute Gasteiger partial charge is 0.315 e. The molecule has 3 unspecified atom stereocenters. The van der Waals surface area contributed by atoms with Crippen molar-refractivity contribution >= 4 is 17.7 Å². The zero-order chi connectivity index (χ0) is 24.3. The minimum atomic E-state index is -0.792. The highest BCUT2D eigenvalue weighted by Gasteiger charge is 2.60. The van der Waals surface area contributed by atoms with Crippen LogP contribution in [-0.2, 0) is 14.3 Å².